The quantitative estimate of drug-likeness (QED) is 0.220. The highest BCUT2D eigenvalue weighted by Crippen LogP contribution is 2.50. The van der Waals surface area contributed by atoms with Gasteiger partial charge in [-0.05, 0) is 44.4 Å². The minimum atomic E-state index is -1.56. The highest BCUT2D eigenvalue weighted by atomic mass is 28.4. The maximum absolute atomic E-state index is 12.2. The Morgan fingerprint density at radius 1 is 1.07 bits per heavy atom. The van der Waals surface area contributed by atoms with Gasteiger partial charge in [0.1, 0.15) is 5.60 Å². The average molecular weight is 461 g/mol. The summed E-state index contributed by atoms with van der Waals surface area (Å²) in [7, 11) is -3.44. The van der Waals surface area contributed by atoms with Gasteiger partial charge in [-0.3, -0.25) is 0 Å². The number of carbonyl (C=O) groups excluding carboxylic acids is 1. The fourth-order valence-corrected chi connectivity index (χ4v) is 10.7. The van der Waals surface area contributed by atoms with Gasteiger partial charge in [-0.1, -0.05) is 46.0 Å². The lowest BCUT2D eigenvalue weighted by Gasteiger charge is -2.48. The van der Waals surface area contributed by atoms with Gasteiger partial charge in [0.05, 0.1) is 0 Å². The molecule has 9 heteroatoms. The van der Waals surface area contributed by atoms with Gasteiger partial charge < -0.3 is 18.1 Å². The Labute approximate surface area is 181 Å². The van der Waals surface area contributed by atoms with Gasteiger partial charge in [0.25, 0.3) is 10.0 Å². The second-order valence-electron chi connectivity index (χ2n) is 10.3. The summed E-state index contributed by atoms with van der Waals surface area (Å²) < 4.78 is 18.0. The zero-order valence-electron chi connectivity index (χ0n) is 19.2. The topological polar surface area (TPSA) is 82.1 Å². The Morgan fingerprint density at radius 2 is 1.66 bits per heavy atom. The van der Waals surface area contributed by atoms with Gasteiger partial charge in [-0.25, -0.2) is 9.59 Å². The number of carbonyl (C=O) groups is 2. The molecule has 1 unspecified atom stereocenters. The van der Waals surface area contributed by atoms with Crippen LogP contribution >= 0.6 is 0 Å². The van der Waals surface area contributed by atoms with Crippen LogP contribution in [0.15, 0.2) is 12.2 Å². The number of aliphatic carboxylic acids is 1. The van der Waals surface area contributed by atoms with E-state index < -0.39 is 45.6 Å². The number of esters is 1. The van der Waals surface area contributed by atoms with Crippen LogP contribution in [-0.4, -0.2) is 50.7 Å². The van der Waals surface area contributed by atoms with Crippen LogP contribution in [0.3, 0.4) is 0 Å². The molecule has 1 N–H and O–H groups in total. The van der Waals surface area contributed by atoms with Crippen molar-refractivity contribution < 1.29 is 27.7 Å². The van der Waals surface area contributed by atoms with E-state index in [1.54, 1.807) is 0 Å². The first-order valence-electron chi connectivity index (χ1n) is 10.6. The van der Waals surface area contributed by atoms with Gasteiger partial charge >= 0.3 is 11.9 Å². The van der Waals surface area contributed by atoms with Gasteiger partial charge in [-0.2, -0.15) is 0 Å². The first kappa shape index (κ1) is 26.3. The molecule has 0 bridgehead atoms. The molecular formula is C20H40O6Si3. The zero-order chi connectivity index (χ0) is 22.3. The van der Waals surface area contributed by atoms with Crippen LogP contribution in [0.2, 0.25) is 24.7 Å². The number of carboxylic acids is 1. The van der Waals surface area contributed by atoms with Crippen LogP contribution in [0.1, 0.15) is 59.8 Å². The maximum atomic E-state index is 12.2. The third-order valence-electron chi connectivity index (χ3n) is 5.49. The van der Waals surface area contributed by atoms with Crippen LogP contribution in [0.25, 0.3) is 0 Å². The fraction of sp³-hybridized carbons (Fsp3) is 0.800. The Kier molecular flexibility index (Phi) is 10.0. The van der Waals surface area contributed by atoms with E-state index in [0.717, 1.165) is 25.0 Å². The van der Waals surface area contributed by atoms with Crippen molar-refractivity contribution in [3.05, 3.63) is 12.2 Å². The molecule has 0 aromatic rings. The largest absolute Gasteiger partial charge is 0.478 e. The number of hydrogen-bond donors (Lipinski definition) is 1. The Morgan fingerprint density at radius 3 is 2.17 bits per heavy atom. The van der Waals surface area contributed by atoms with E-state index in [1.165, 1.54) is 19.3 Å². The first-order valence-corrected chi connectivity index (χ1v) is 16.4. The zero-order valence-corrected chi connectivity index (χ0v) is 23.1. The highest BCUT2D eigenvalue weighted by molar-refractivity contribution is 6.73. The predicted octanol–water partition coefficient (Wildman–Crippen LogP) is 3.29. The summed E-state index contributed by atoms with van der Waals surface area (Å²) >= 11 is 0. The molecule has 0 spiro atoms. The molecule has 0 aromatic heterocycles. The third kappa shape index (κ3) is 9.73. The highest BCUT2D eigenvalue weighted by Gasteiger charge is 2.47. The van der Waals surface area contributed by atoms with Crippen molar-refractivity contribution >= 4 is 40.0 Å². The van der Waals surface area contributed by atoms with Crippen LogP contribution in [-0.2, 0) is 22.6 Å². The van der Waals surface area contributed by atoms with Crippen LogP contribution in [0.5, 0.6) is 0 Å². The monoisotopic (exact) mass is 460 g/mol. The molecule has 1 atom stereocenters. The SMILES string of the molecule is CC(C)(OC(=O)C=CC(=O)O)C(C1CCCCC1)C(C)(C)[SiH2]O[SiH2]O[Si](C)(C)C. The van der Waals surface area contributed by atoms with E-state index in [1.807, 2.05) is 13.8 Å². The van der Waals surface area contributed by atoms with E-state index in [4.69, 9.17) is 18.1 Å². The van der Waals surface area contributed by atoms with Crippen LogP contribution < -0.4 is 0 Å². The smallest absolute Gasteiger partial charge is 0.331 e. The van der Waals surface area contributed by atoms with E-state index in [9.17, 15) is 9.59 Å². The molecule has 1 rings (SSSR count). The number of carboxylic acid groups (broad SMARTS) is 1. The summed E-state index contributed by atoms with van der Waals surface area (Å²) in [6, 6.07) is 0. The number of rotatable bonds is 11. The Hall–Kier alpha value is -0.749. The minimum absolute atomic E-state index is 0.0713. The third-order valence-corrected chi connectivity index (χ3v) is 12.1. The van der Waals surface area contributed by atoms with Crippen molar-refractivity contribution in [3.63, 3.8) is 0 Å². The molecule has 0 amide bonds. The second-order valence-corrected chi connectivity index (χ2v) is 19.6. The molecule has 0 radical (unpaired) electrons. The Balaban J connectivity index is 2.95. The maximum Gasteiger partial charge on any atom is 0.331 e. The summed E-state index contributed by atoms with van der Waals surface area (Å²) in [5, 5.41) is 8.70. The van der Waals surface area contributed by atoms with Crippen molar-refractivity contribution in [1.29, 1.82) is 0 Å². The minimum Gasteiger partial charge on any atom is -0.478 e. The van der Waals surface area contributed by atoms with E-state index in [2.05, 4.69) is 33.5 Å². The lowest BCUT2D eigenvalue weighted by Crippen LogP contribution is -2.48. The second kappa shape index (κ2) is 11.0. The molecule has 1 fully saturated rings. The number of hydrogen-bond acceptors (Lipinski definition) is 5. The Bertz CT molecular complexity index is 577. The van der Waals surface area contributed by atoms with Gasteiger partial charge in [0.15, 0.2) is 18.1 Å². The van der Waals surface area contributed by atoms with E-state index >= 15 is 0 Å². The van der Waals surface area contributed by atoms with Crippen molar-refractivity contribution in [2.45, 2.75) is 90.1 Å². The molecule has 1 aliphatic rings. The summed E-state index contributed by atoms with van der Waals surface area (Å²) in [6.45, 7) is 14.9. The molecule has 6 nitrogen and oxygen atoms in total. The van der Waals surface area contributed by atoms with E-state index in [0.29, 0.717) is 5.92 Å². The lowest BCUT2D eigenvalue weighted by molar-refractivity contribution is -0.160. The van der Waals surface area contributed by atoms with Gasteiger partial charge in [0.2, 0.25) is 0 Å². The molecule has 168 valence electrons. The lowest BCUT2D eigenvalue weighted by atomic mass is 9.67. The van der Waals surface area contributed by atoms with E-state index in [-0.39, 0.29) is 11.0 Å². The van der Waals surface area contributed by atoms with Gasteiger partial charge in [0, 0.05) is 18.1 Å². The summed E-state index contributed by atoms with van der Waals surface area (Å²) in [5.41, 5.74) is -0.705. The predicted molar refractivity (Wildman–Crippen MR) is 124 cm³/mol. The van der Waals surface area contributed by atoms with Crippen molar-refractivity contribution in [1.82, 2.24) is 0 Å². The first-order chi connectivity index (χ1) is 13.2. The molecule has 0 aliphatic heterocycles. The fourth-order valence-electron chi connectivity index (χ4n) is 4.72. The van der Waals surface area contributed by atoms with Crippen molar-refractivity contribution in [3.8, 4) is 0 Å². The van der Waals surface area contributed by atoms with Crippen LogP contribution in [0.4, 0.5) is 0 Å². The molecule has 0 heterocycles. The summed E-state index contributed by atoms with van der Waals surface area (Å²) in [6.07, 6.45) is 7.77. The average Bonchev–Trinajstić information content (AvgIpc) is 2.56. The molecule has 0 saturated heterocycles. The molecular weight excluding hydrogens is 420 g/mol. The molecule has 1 saturated carbocycles. The molecule has 0 aromatic carbocycles. The van der Waals surface area contributed by atoms with Crippen molar-refractivity contribution in [2.75, 3.05) is 0 Å². The normalized spacial score (nSPS) is 18.9. The standard InChI is InChI=1S/C20H40O6Si3/c1-19(2,24-17(23)14-13-16(21)22)18(15-11-9-8-10-12-15)20(3,4)27-25-28-26-29(5,6)7/h13-15,18H,8-12,27-28H2,1-7H3,(H,21,22). The van der Waals surface area contributed by atoms with Crippen molar-refractivity contribution in [2.24, 2.45) is 11.8 Å². The van der Waals surface area contributed by atoms with Crippen LogP contribution in [0, 0.1) is 11.8 Å². The summed E-state index contributed by atoms with van der Waals surface area (Å²) in [5.74, 6) is -1.13. The molecule has 1 aliphatic carbocycles. The summed E-state index contributed by atoms with van der Waals surface area (Å²) in [4.78, 5) is 23.0. The van der Waals surface area contributed by atoms with Gasteiger partial charge in [-0.15, -0.1) is 0 Å². The molecule has 29 heavy (non-hydrogen) atoms. The number of ether oxygens (including phenoxy) is 1.